The highest BCUT2D eigenvalue weighted by Crippen LogP contribution is 2.27. The van der Waals surface area contributed by atoms with E-state index in [0.29, 0.717) is 6.04 Å². The average Bonchev–Trinajstić information content (AvgIpc) is 2.21. The van der Waals surface area contributed by atoms with Crippen molar-refractivity contribution < 1.29 is 4.74 Å². The molecule has 0 radical (unpaired) electrons. The molecule has 0 aromatic carbocycles. The summed E-state index contributed by atoms with van der Waals surface area (Å²) in [6, 6.07) is 0.705. The third-order valence-corrected chi connectivity index (χ3v) is 3.69. The molecule has 2 bridgehead atoms. The molecule has 2 rings (SSSR count). The molecule has 2 heterocycles. The highest BCUT2D eigenvalue weighted by Gasteiger charge is 2.33. The van der Waals surface area contributed by atoms with Crippen molar-refractivity contribution in [1.82, 2.24) is 10.2 Å². The molecule has 0 aliphatic carbocycles. The zero-order valence-electron chi connectivity index (χ0n) is 9.33. The molecule has 2 fully saturated rings. The maximum atomic E-state index is 5.14. The zero-order valence-corrected chi connectivity index (χ0v) is 9.33. The molecule has 3 atom stereocenters. The Kier molecular flexibility index (Phi) is 3.42. The first-order valence-corrected chi connectivity index (χ1v) is 5.74. The quantitative estimate of drug-likeness (QED) is 0.717. The Bertz CT molecular complexity index is 186. The van der Waals surface area contributed by atoms with Gasteiger partial charge >= 0.3 is 0 Å². The lowest BCUT2D eigenvalue weighted by atomic mass is 9.81. The highest BCUT2D eigenvalue weighted by atomic mass is 16.5. The minimum absolute atomic E-state index is 0.705. The van der Waals surface area contributed by atoms with Gasteiger partial charge in [0.25, 0.3) is 0 Å². The lowest BCUT2D eigenvalue weighted by Crippen LogP contribution is -2.55. The molecule has 0 amide bonds. The molecule has 3 nitrogen and oxygen atoms in total. The van der Waals surface area contributed by atoms with E-state index in [1.807, 2.05) is 0 Å². The number of hydrogen-bond donors (Lipinski definition) is 1. The van der Waals surface area contributed by atoms with Gasteiger partial charge < -0.3 is 15.0 Å². The van der Waals surface area contributed by atoms with Crippen LogP contribution in [-0.4, -0.2) is 50.8 Å². The van der Waals surface area contributed by atoms with E-state index < -0.39 is 0 Å². The van der Waals surface area contributed by atoms with Gasteiger partial charge in [0.05, 0.1) is 6.61 Å². The van der Waals surface area contributed by atoms with Crippen molar-refractivity contribution in [3.63, 3.8) is 0 Å². The number of rotatable bonds is 3. The van der Waals surface area contributed by atoms with Crippen molar-refractivity contribution in [1.29, 1.82) is 0 Å². The Labute approximate surface area is 86.8 Å². The van der Waals surface area contributed by atoms with Crippen molar-refractivity contribution in [2.24, 2.45) is 11.8 Å². The molecule has 0 saturated carbocycles. The second-order valence-electron chi connectivity index (χ2n) is 4.81. The van der Waals surface area contributed by atoms with Crippen molar-refractivity contribution in [2.45, 2.75) is 19.4 Å². The van der Waals surface area contributed by atoms with Crippen molar-refractivity contribution >= 4 is 0 Å². The second kappa shape index (κ2) is 4.60. The molecule has 0 spiro atoms. The molecule has 82 valence electrons. The zero-order chi connectivity index (χ0) is 9.97. The Hall–Kier alpha value is -0.120. The number of nitrogens with zero attached hydrogens (tertiary/aromatic N) is 1. The van der Waals surface area contributed by atoms with E-state index in [1.54, 1.807) is 7.11 Å². The van der Waals surface area contributed by atoms with Crippen LogP contribution in [0.3, 0.4) is 0 Å². The Morgan fingerprint density at radius 2 is 2.29 bits per heavy atom. The molecule has 0 unspecified atom stereocenters. The maximum absolute atomic E-state index is 5.14. The van der Waals surface area contributed by atoms with Gasteiger partial charge in [-0.3, -0.25) is 0 Å². The monoisotopic (exact) mass is 198 g/mol. The summed E-state index contributed by atoms with van der Waals surface area (Å²) in [4.78, 5) is 2.57. The second-order valence-corrected chi connectivity index (χ2v) is 4.81. The normalized spacial score (nSPS) is 38.6. The van der Waals surface area contributed by atoms with Crippen LogP contribution in [0.15, 0.2) is 0 Å². The van der Waals surface area contributed by atoms with E-state index in [9.17, 15) is 0 Å². The molecule has 1 N–H and O–H groups in total. The molecule has 2 aliphatic heterocycles. The van der Waals surface area contributed by atoms with Crippen LogP contribution < -0.4 is 5.32 Å². The number of hydrogen-bond acceptors (Lipinski definition) is 3. The average molecular weight is 198 g/mol. The first-order valence-electron chi connectivity index (χ1n) is 5.74. The van der Waals surface area contributed by atoms with Crippen LogP contribution in [0.2, 0.25) is 0 Å². The van der Waals surface area contributed by atoms with Gasteiger partial charge in [-0.1, -0.05) is 0 Å². The summed E-state index contributed by atoms with van der Waals surface area (Å²) in [5, 5.41) is 3.60. The van der Waals surface area contributed by atoms with Gasteiger partial charge in [-0.05, 0) is 31.7 Å². The van der Waals surface area contributed by atoms with Crippen LogP contribution in [0.5, 0.6) is 0 Å². The number of piperidine rings is 2. The standard InChI is InChI=1S/C11H22N2O/c1-9-11-5-10(6-12-9)7-13(8-11)3-4-14-2/h9-12H,3-8H2,1-2H3/t9-,10+,11-/m1/s1. The van der Waals surface area contributed by atoms with Crippen LogP contribution in [0.25, 0.3) is 0 Å². The highest BCUT2D eigenvalue weighted by molar-refractivity contribution is 4.90. The van der Waals surface area contributed by atoms with Gasteiger partial charge in [-0.2, -0.15) is 0 Å². The minimum Gasteiger partial charge on any atom is -0.383 e. The van der Waals surface area contributed by atoms with Crippen LogP contribution in [0.4, 0.5) is 0 Å². The molecule has 0 aromatic heterocycles. The van der Waals surface area contributed by atoms with E-state index in [2.05, 4.69) is 17.1 Å². The van der Waals surface area contributed by atoms with Crippen molar-refractivity contribution in [2.75, 3.05) is 39.9 Å². The van der Waals surface area contributed by atoms with Crippen molar-refractivity contribution in [3.8, 4) is 0 Å². The largest absolute Gasteiger partial charge is 0.383 e. The first-order chi connectivity index (χ1) is 6.79. The van der Waals surface area contributed by atoms with E-state index in [1.165, 1.54) is 26.1 Å². The van der Waals surface area contributed by atoms with Gasteiger partial charge in [0.2, 0.25) is 0 Å². The predicted molar refractivity (Wildman–Crippen MR) is 57.4 cm³/mol. The SMILES string of the molecule is COCCN1C[C@@H]2CN[C@H](C)[C@H](C2)C1. The fourth-order valence-corrected chi connectivity index (χ4v) is 2.78. The molecule has 3 heteroatoms. The predicted octanol–water partition coefficient (Wildman–Crippen LogP) is 0.563. The van der Waals surface area contributed by atoms with E-state index in [0.717, 1.165) is 25.0 Å². The third-order valence-electron chi connectivity index (χ3n) is 3.69. The molecule has 0 aromatic rings. The maximum Gasteiger partial charge on any atom is 0.0589 e. The topological polar surface area (TPSA) is 24.5 Å². The Morgan fingerprint density at radius 3 is 3.07 bits per heavy atom. The summed E-state index contributed by atoms with van der Waals surface area (Å²) in [5.41, 5.74) is 0. The molecule has 2 aliphatic rings. The van der Waals surface area contributed by atoms with Gasteiger partial charge in [-0.25, -0.2) is 0 Å². The minimum atomic E-state index is 0.705. The fourth-order valence-electron chi connectivity index (χ4n) is 2.78. The number of likely N-dealkylation sites (tertiary alicyclic amines) is 1. The molecule has 2 saturated heterocycles. The van der Waals surface area contributed by atoms with Crippen LogP contribution >= 0.6 is 0 Å². The number of fused-ring (bicyclic) bond motifs is 2. The summed E-state index contributed by atoms with van der Waals surface area (Å²) in [5.74, 6) is 1.74. The summed E-state index contributed by atoms with van der Waals surface area (Å²) in [7, 11) is 1.79. The smallest absolute Gasteiger partial charge is 0.0589 e. The third kappa shape index (κ3) is 2.27. The van der Waals surface area contributed by atoms with Gasteiger partial charge in [0.15, 0.2) is 0 Å². The van der Waals surface area contributed by atoms with E-state index in [-0.39, 0.29) is 0 Å². The van der Waals surface area contributed by atoms with Gasteiger partial charge in [0.1, 0.15) is 0 Å². The summed E-state index contributed by atoms with van der Waals surface area (Å²) in [6.45, 7) is 8.03. The molecular formula is C11H22N2O. The first kappa shape index (κ1) is 10.4. The summed E-state index contributed by atoms with van der Waals surface area (Å²) < 4.78 is 5.14. The molecule has 14 heavy (non-hydrogen) atoms. The van der Waals surface area contributed by atoms with Crippen LogP contribution in [-0.2, 0) is 4.74 Å². The van der Waals surface area contributed by atoms with Gasteiger partial charge in [-0.15, -0.1) is 0 Å². The Balaban J connectivity index is 1.85. The number of nitrogens with one attached hydrogen (secondary N) is 1. The van der Waals surface area contributed by atoms with Crippen molar-refractivity contribution in [3.05, 3.63) is 0 Å². The lowest BCUT2D eigenvalue weighted by molar-refractivity contribution is 0.0530. The summed E-state index contributed by atoms with van der Waals surface area (Å²) >= 11 is 0. The van der Waals surface area contributed by atoms with Crippen LogP contribution in [0.1, 0.15) is 13.3 Å². The van der Waals surface area contributed by atoms with Crippen LogP contribution in [0, 0.1) is 11.8 Å². The summed E-state index contributed by atoms with van der Waals surface area (Å²) in [6.07, 6.45) is 1.43. The lowest BCUT2D eigenvalue weighted by Gasteiger charge is -2.44. The van der Waals surface area contributed by atoms with E-state index >= 15 is 0 Å². The number of methoxy groups -OCH3 is 1. The Morgan fingerprint density at radius 1 is 1.43 bits per heavy atom. The molecular weight excluding hydrogens is 176 g/mol. The fraction of sp³-hybridized carbons (Fsp3) is 1.00. The number of ether oxygens (including phenoxy) is 1. The van der Waals surface area contributed by atoms with Gasteiger partial charge in [0, 0.05) is 32.8 Å². The van der Waals surface area contributed by atoms with E-state index in [4.69, 9.17) is 4.74 Å².